The molecule has 0 aliphatic carbocycles. The minimum atomic E-state index is -3.21. The molecule has 5 heteroatoms. The molecule has 2 aromatic carbocycles. The van der Waals surface area contributed by atoms with E-state index in [9.17, 15) is 13.2 Å². The molecular formula is C17H19NO3S. The minimum absolute atomic E-state index is 0.0692. The highest BCUT2D eigenvalue weighted by atomic mass is 32.2. The summed E-state index contributed by atoms with van der Waals surface area (Å²) in [5.74, 6) is -0.0692. The van der Waals surface area contributed by atoms with Crippen molar-refractivity contribution in [2.45, 2.75) is 17.9 Å². The first-order chi connectivity index (χ1) is 10.3. The van der Waals surface area contributed by atoms with Gasteiger partial charge in [0.15, 0.2) is 9.84 Å². The van der Waals surface area contributed by atoms with Crippen LogP contribution in [0.2, 0.25) is 0 Å². The topological polar surface area (TPSA) is 54.5 Å². The lowest BCUT2D eigenvalue weighted by molar-refractivity contribution is 0.0742. The molecule has 1 amide bonds. The summed E-state index contributed by atoms with van der Waals surface area (Å²) in [4.78, 5) is 14.3. The van der Waals surface area contributed by atoms with Crippen LogP contribution in [-0.4, -0.2) is 32.5 Å². The number of carbonyl (C=O) groups is 1. The average Bonchev–Trinajstić information content (AvgIpc) is 2.53. The summed E-state index contributed by atoms with van der Waals surface area (Å²) < 4.78 is 23.0. The summed E-state index contributed by atoms with van der Waals surface area (Å²) in [6.07, 6.45) is 1.18. The maximum atomic E-state index is 12.4. The van der Waals surface area contributed by atoms with Crippen molar-refractivity contribution in [3.8, 4) is 0 Å². The molecule has 0 bridgehead atoms. The van der Waals surface area contributed by atoms with E-state index < -0.39 is 9.84 Å². The van der Waals surface area contributed by atoms with Gasteiger partial charge in [0.05, 0.1) is 10.9 Å². The highest BCUT2D eigenvalue weighted by Gasteiger charge is 2.19. The molecule has 1 unspecified atom stereocenters. The van der Waals surface area contributed by atoms with Crippen molar-refractivity contribution in [2.24, 2.45) is 0 Å². The van der Waals surface area contributed by atoms with Crippen molar-refractivity contribution in [3.05, 3.63) is 65.7 Å². The first-order valence-corrected chi connectivity index (χ1v) is 8.82. The van der Waals surface area contributed by atoms with Crippen LogP contribution in [0.4, 0.5) is 0 Å². The van der Waals surface area contributed by atoms with Gasteiger partial charge in [-0.1, -0.05) is 30.3 Å². The lowest BCUT2D eigenvalue weighted by Crippen LogP contribution is -2.29. The summed E-state index contributed by atoms with van der Waals surface area (Å²) in [7, 11) is -1.46. The summed E-state index contributed by atoms with van der Waals surface area (Å²) in [6, 6.07) is 15.6. The van der Waals surface area contributed by atoms with Crippen molar-refractivity contribution < 1.29 is 13.2 Å². The number of rotatable bonds is 4. The summed E-state index contributed by atoms with van der Waals surface area (Å²) in [6.45, 7) is 1.91. The van der Waals surface area contributed by atoms with Crippen molar-refractivity contribution in [3.63, 3.8) is 0 Å². The zero-order valence-electron chi connectivity index (χ0n) is 12.9. The van der Waals surface area contributed by atoms with E-state index in [1.165, 1.54) is 6.26 Å². The number of hydrogen-bond donors (Lipinski definition) is 0. The Morgan fingerprint density at radius 1 is 1.00 bits per heavy atom. The molecule has 0 N–H and O–H groups in total. The van der Waals surface area contributed by atoms with Gasteiger partial charge in [-0.05, 0) is 36.8 Å². The predicted octanol–water partition coefficient (Wildman–Crippen LogP) is 2.92. The van der Waals surface area contributed by atoms with Gasteiger partial charge in [-0.15, -0.1) is 0 Å². The average molecular weight is 317 g/mol. The van der Waals surface area contributed by atoms with Crippen LogP contribution < -0.4 is 0 Å². The molecule has 2 rings (SSSR count). The largest absolute Gasteiger partial charge is 0.335 e. The van der Waals surface area contributed by atoms with Crippen LogP contribution in [0, 0.1) is 0 Å². The lowest BCUT2D eigenvalue weighted by atomic mass is 10.1. The number of carbonyl (C=O) groups excluding carboxylic acids is 1. The predicted molar refractivity (Wildman–Crippen MR) is 86.5 cm³/mol. The Kier molecular flexibility index (Phi) is 4.66. The second-order valence-corrected chi connectivity index (χ2v) is 7.31. The Balaban J connectivity index is 2.20. The van der Waals surface area contributed by atoms with Crippen LogP contribution in [-0.2, 0) is 9.84 Å². The normalized spacial score (nSPS) is 12.7. The van der Waals surface area contributed by atoms with Crippen LogP contribution in [0.5, 0.6) is 0 Å². The third kappa shape index (κ3) is 3.54. The Hall–Kier alpha value is -2.14. The quantitative estimate of drug-likeness (QED) is 0.871. The second kappa shape index (κ2) is 6.32. The van der Waals surface area contributed by atoms with Crippen LogP contribution >= 0.6 is 0 Å². The van der Waals surface area contributed by atoms with Gasteiger partial charge in [0.1, 0.15) is 0 Å². The molecule has 4 nitrogen and oxygen atoms in total. The third-order valence-corrected chi connectivity index (χ3v) is 4.84. The highest BCUT2D eigenvalue weighted by Crippen LogP contribution is 2.22. The molecule has 0 radical (unpaired) electrons. The van der Waals surface area contributed by atoms with Gasteiger partial charge in [-0.3, -0.25) is 4.79 Å². The summed E-state index contributed by atoms with van der Waals surface area (Å²) >= 11 is 0. The molecule has 22 heavy (non-hydrogen) atoms. The van der Waals surface area contributed by atoms with Gasteiger partial charge in [0.25, 0.3) is 5.91 Å². The van der Waals surface area contributed by atoms with Crippen LogP contribution in [0.15, 0.2) is 59.5 Å². The van der Waals surface area contributed by atoms with Gasteiger partial charge >= 0.3 is 0 Å². The molecule has 0 saturated heterocycles. The fraction of sp³-hybridized carbons (Fsp3) is 0.235. The molecule has 0 aliphatic heterocycles. The van der Waals surface area contributed by atoms with E-state index in [0.717, 1.165) is 5.56 Å². The van der Waals surface area contributed by atoms with Crippen molar-refractivity contribution >= 4 is 15.7 Å². The Bertz CT molecular complexity index is 752. The van der Waals surface area contributed by atoms with E-state index in [1.54, 1.807) is 48.3 Å². The van der Waals surface area contributed by atoms with Crippen LogP contribution in [0.3, 0.4) is 0 Å². The summed E-state index contributed by atoms with van der Waals surface area (Å²) in [5.41, 5.74) is 1.52. The molecule has 0 fully saturated rings. The number of benzene rings is 2. The molecule has 1 atom stereocenters. The number of nitrogens with zero attached hydrogens (tertiary/aromatic N) is 1. The van der Waals surface area contributed by atoms with Gasteiger partial charge in [0, 0.05) is 18.9 Å². The monoisotopic (exact) mass is 317 g/mol. The molecule has 0 heterocycles. The van der Waals surface area contributed by atoms with E-state index in [2.05, 4.69) is 0 Å². The maximum Gasteiger partial charge on any atom is 0.254 e. The van der Waals surface area contributed by atoms with Crippen molar-refractivity contribution in [1.82, 2.24) is 4.90 Å². The molecule has 0 saturated carbocycles. The Morgan fingerprint density at radius 3 is 2.05 bits per heavy atom. The van der Waals surface area contributed by atoms with E-state index >= 15 is 0 Å². The second-order valence-electron chi connectivity index (χ2n) is 5.30. The minimum Gasteiger partial charge on any atom is -0.335 e. The molecule has 0 aromatic heterocycles. The van der Waals surface area contributed by atoms with E-state index in [4.69, 9.17) is 0 Å². The molecule has 2 aromatic rings. The fourth-order valence-corrected chi connectivity index (χ4v) is 2.81. The van der Waals surface area contributed by atoms with E-state index in [0.29, 0.717) is 5.56 Å². The van der Waals surface area contributed by atoms with Gasteiger partial charge < -0.3 is 4.90 Å². The fourth-order valence-electron chi connectivity index (χ4n) is 2.18. The first-order valence-electron chi connectivity index (χ1n) is 6.93. The third-order valence-electron chi connectivity index (χ3n) is 3.71. The SMILES string of the molecule is CC(c1ccc(S(C)(=O)=O)cc1)N(C)C(=O)c1ccccc1. The highest BCUT2D eigenvalue weighted by molar-refractivity contribution is 7.90. The van der Waals surface area contributed by atoms with Crippen LogP contribution in [0.25, 0.3) is 0 Å². The standard InChI is InChI=1S/C17H19NO3S/c1-13(14-9-11-16(12-10-14)22(3,20)21)18(2)17(19)15-7-5-4-6-8-15/h4-13H,1-3H3. The van der Waals surface area contributed by atoms with Crippen molar-refractivity contribution in [2.75, 3.05) is 13.3 Å². The Labute approximate surface area is 131 Å². The number of sulfone groups is 1. The number of amides is 1. The van der Waals surface area contributed by atoms with Gasteiger partial charge in [-0.25, -0.2) is 8.42 Å². The lowest BCUT2D eigenvalue weighted by Gasteiger charge is -2.25. The van der Waals surface area contributed by atoms with Gasteiger partial charge in [-0.2, -0.15) is 0 Å². The van der Waals surface area contributed by atoms with E-state index in [-0.39, 0.29) is 16.8 Å². The Morgan fingerprint density at radius 2 is 1.55 bits per heavy atom. The molecule has 0 aliphatic rings. The smallest absolute Gasteiger partial charge is 0.254 e. The van der Waals surface area contributed by atoms with Gasteiger partial charge in [0.2, 0.25) is 0 Å². The maximum absolute atomic E-state index is 12.4. The zero-order chi connectivity index (χ0) is 16.3. The zero-order valence-corrected chi connectivity index (χ0v) is 13.7. The van der Waals surface area contributed by atoms with E-state index in [1.807, 2.05) is 25.1 Å². The number of hydrogen-bond acceptors (Lipinski definition) is 3. The van der Waals surface area contributed by atoms with Crippen molar-refractivity contribution in [1.29, 1.82) is 0 Å². The molecule has 116 valence electrons. The molecule has 0 spiro atoms. The van der Waals surface area contributed by atoms with Crippen LogP contribution in [0.1, 0.15) is 28.9 Å². The summed E-state index contributed by atoms with van der Waals surface area (Å²) in [5, 5.41) is 0. The molecular weight excluding hydrogens is 298 g/mol. The first kappa shape index (κ1) is 16.2.